The molecule has 4 heteroatoms. The summed E-state index contributed by atoms with van der Waals surface area (Å²) < 4.78 is 5.56. The van der Waals surface area contributed by atoms with Crippen LogP contribution in [0, 0.1) is 6.10 Å². The van der Waals surface area contributed by atoms with Crippen molar-refractivity contribution in [1.29, 1.82) is 0 Å². The van der Waals surface area contributed by atoms with Gasteiger partial charge >= 0.3 is 5.97 Å². The maximum Gasteiger partial charge on any atom is 0.373 e. The van der Waals surface area contributed by atoms with Crippen molar-refractivity contribution in [1.82, 2.24) is 0 Å². The van der Waals surface area contributed by atoms with Crippen molar-refractivity contribution in [3.63, 3.8) is 0 Å². The van der Waals surface area contributed by atoms with Crippen LogP contribution >= 0.6 is 0 Å². The molecule has 1 aromatic carbocycles. The second-order valence-electron chi connectivity index (χ2n) is 5.69. The first kappa shape index (κ1) is 19.5. The number of hydrogen-bond acceptors (Lipinski definition) is 4. The van der Waals surface area contributed by atoms with Gasteiger partial charge in [-0.15, -0.1) is 0 Å². The van der Waals surface area contributed by atoms with Gasteiger partial charge in [0.15, 0.2) is 0 Å². The van der Waals surface area contributed by atoms with Crippen LogP contribution in [0.3, 0.4) is 0 Å². The lowest BCUT2D eigenvalue weighted by Gasteiger charge is -2.10. The predicted octanol–water partition coefficient (Wildman–Crippen LogP) is 5.48. The van der Waals surface area contributed by atoms with Gasteiger partial charge in [0, 0.05) is 0 Å². The van der Waals surface area contributed by atoms with Crippen LogP contribution in [-0.4, -0.2) is 12.6 Å². The van der Waals surface area contributed by atoms with Crippen molar-refractivity contribution in [3.8, 4) is 5.75 Å². The zero-order chi connectivity index (χ0) is 16.9. The first-order chi connectivity index (χ1) is 11.2. The average Bonchev–Trinajstić information content (AvgIpc) is 2.57. The molecular formula is C19H29O4. The van der Waals surface area contributed by atoms with E-state index in [0.717, 1.165) is 37.5 Å². The molecule has 129 valence electrons. The first-order valence-electron chi connectivity index (χ1n) is 8.61. The minimum Gasteiger partial charge on any atom is -0.494 e. The smallest absolute Gasteiger partial charge is 0.373 e. The number of ether oxygens (including phenoxy) is 1. The molecule has 1 radical (unpaired) electrons. The number of carbonyl (C=O) groups is 1. The summed E-state index contributed by atoms with van der Waals surface area (Å²) in [5.41, 5.74) is 0.451. The summed E-state index contributed by atoms with van der Waals surface area (Å²) in [6.07, 6.45) is 8.31. The Morgan fingerprint density at radius 1 is 0.913 bits per heavy atom. The van der Waals surface area contributed by atoms with E-state index in [0.29, 0.717) is 12.2 Å². The fourth-order valence-corrected chi connectivity index (χ4v) is 2.02. The summed E-state index contributed by atoms with van der Waals surface area (Å²) in [4.78, 5) is 21.8. The Hall–Kier alpha value is -1.55. The molecule has 0 fully saturated rings. The van der Waals surface area contributed by atoms with Gasteiger partial charge in [-0.25, -0.2) is 4.79 Å². The van der Waals surface area contributed by atoms with Crippen LogP contribution in [0.15, 0.2) is 24.3 Å². The van der Waals surface area contributed by atoms with Crippen LogP contribution in [-0.2, 0) is 9.78 Å². The minimum atomic E-state index is -0.488. The average molecular weight is 321 g/mol. The van der Waals surface area contributed by atoms with E-state index in [-0.39, 0.29) is 0 Å². The van der Waals surface area contributed by atoms with Crippen LogP contribution < -0.4 is 4.74 Å². The number of rotatable bonds is 12. The van der Waals surface area contributed by atoms with E-state index in [1.165, 1.54) is 19.3 Å². The second-order valence-corrected chi connectivity index (χ2v) is 5.69. The summed E-state index contributed by atoms with van der Waals surface area (Å²) in [6, 6.07) is 6.91. The van der Waals surface area contributed by atoms with Gasteiger partial charge in [-0.05, 0) is 44.0 Å². The first-order valence-corrected chi connectivity index (χ1v) is 8.61. The Morgan fingerprint density at radius 3 is 2.26 bits per heavy atom. The molecule has 0 N–H and O–H groups in total. The Kier molecular flexibility index (Phi) is 10.1. The third kappa shape index (κ3) is 8.60. The molecule has 1 aromatic rings. The number of benzene rings is 1. The number of unbranched alkanes of at least 4 members (excludes halogenated alkanes) is 4. The van der Waals surface area contributed by atoms with E-state index in [2.05, 4.69) is 13.8 Å². The monoisotopic (exact) mass is 321 g/mol. The van der Waals surface area contributed by atoms with Gasteiger partial charge in [-0.2, -0.15) is 4.89 Å². The van der Waals surface area contributed by atoms with E-state index >= 15 is 0 Å². The van der Waals surface area contributed by atoms with Crippen molar-refractivity contribution in [2.75, 3.05) is 6.61 Å². The highest BCUT2D eigenvalue weighted by molar-refractivity contribution is 5.89. The summed E-state index contributed by atoms with van der Waals surface area (Å²) in [5.74, 6) is 0.271. The van der Waals surface area contributed by atoms with Gasteiger partial charge in [0.1, 0.15) is 11.9 Å². The van der Waals surface area contributed by atoms with Crippen LogP contribution in [0.5, 0.6) is 5.75 Å². The lowest BCUT2D eigenvalue weighted by Crippen LogP contribution is -2.09. The minimum absolute atomic E-state index is 0.451. The fourth-order valence-electron chi connectivity index (χ4n) is 2.02. The Bertz CT molecular complexity index is 428. The third-order valence-corrected chi connectivity index (χ3v) is 3.50. The van der Waals surface area contributed by atoms with E-state index in [9.17, 15) is 4.79 Å². The van der Waals surface area contributed by atoms with Crippen LogP contribution in [0.2, 0.25) is 0 Å². The molecule has 0 bridgehead atoms. The molecule has 0 aliphatic rings. The molecule has 0 aliphatic carbocycles. The lowest BCUT2D eigenvalue weighted by atomic mass is 10.1. The van der Waals surface area contributed by atoms with E-state index in [1.54, 1.807) is 24.3 Å². The zero-order valence-corrected chi connectivity index (χ0v) is 14.6. The Labute approximate surface area is 140 Å². The van der Waals surface area contributed by atoms with E-state index in [4.69, 9.17) is 14.5 Å². The molecule has 0 aromatic heterocycles. The van der Waals surface area contributed by atoms with Crippen LogP contribution in [0.1, 0.15) is 76.1 Å². The molecule has 1 rings (SSSR count). The molecule has 0 atom stereocenters. The molecule has 4 nitrogen and oxygen atoms in total. The molecule has 0 saturated carbocycles. The Morgan fingerprint density at radius 2 is 1.61 bits per heavy atom. The van der Waals surface area contributed by atoms with Gasteiger partial charge in [0.05, 0.1) is 12.2 Å². The highest BCUT2D eigenvalue weighted by atomic mass is 17.2. The SMILES string of the molecule is CCCCCC[C](C)OOC(=O)c1ccc(OCCCC)cc1. The quantitative estimate of drug-likeness (QED) is 0.291. The van der Waals surface area contributed by atoms with Gasteiger partial charge in [0.25, 0.3) is 0 Å². The van der Waals surface area contributed by atoms with Gasteiger partial charge < -0.3 is 4.74 Å². The third-order valence-electron chi connectivity index (χ3n) is 3.50. The maximum atomic E-state index is 11.9. The summed E-state index contributed by atoms with van der Waals surface area (Å²) in [7, 11) is 0. The standard InChI is InChI=1S/C19H29O4/c1-4-6-8-9-10-16(3)22-23-19(20)17-11-13-18(14-12-17)21-15-7-5-2/h11-14H,4-10,15H2,1-3H3. The highest BCUT2D eigenvalue weighted by Gasteiger charge is 2.12. The largest absolute Gasteiger partial charge is 0.494 e. The summed E-state index contributed by atoms with van der Waals surface area (Å²) in [6.45, 7) is 6.82. The highest BCUT2D eigenvalue weighted by Crippen LogP contribution is 2.17. The molecule has 0 unspecified atom stereocenters. The molecule has 0 saturated heterocycles. The summed E-state index contributed by atoms with van der Waals surface area (Å²) in [5, 5.41) is 0. The van der Waals surface area contributed by atoms with Crippen molar-refractivity contribution in [3.05, 3.63) is 35.9 Å². The summed E-state index contributed by atoms with van der Waals surface area (Å²) >= 11 is 0. The van der Waals surface area contributed by atoms with Crippen LogP contribution in [0.25, 0.3) is 0 Å². The van der Waals surface area contributed by atoms with Crippen molar-refractivity contribution < 1.29 is 19.3 Å². The molecule has 0 heterocycles. The topological polar surface area (TPSA) is 44.8 Å². The fraction of sp³-hybridized carbons (Fsp3) is 0.579. The van der Waals surface area contributed by atoms with E-state index in [1.807, 2.05) is 6.92 Å². The van der Waals surface area contributed by atoms with Crippen molar-refractivity contribution in [2.45, 2.75) is 65.7 Å². The lowest BCUT2D eigenvalue weighted by molar-refractivity contribution is -0.233. The number of carbonyl (C=O) groups excluding carboxylic acids is 1. The van der Waals surface area contributed by atoms with Crippen molar-refractivity contribution >= 4 is 5.97 Å². The molecule has 0 spiro atoms. The molecular weight excluding hydrogens is 292 g/mol. The van der Waals surface area contributed by atoms with Gasteiger partial charge in [-0.3, -0.25) is 4.89 Å². The van der Waals surface area contributed by atoms with Gasteiger partial charge in [-0.1, -0.05) is 46.0 Å². The van der Waals surface area contributed by atoms with E-state index < -0.39 is 5.97 Å². The van der Waals surface area contributed by atoms with Gasteiger partial charge in [0.2, 0.25) is 0 Å². The second kappa shape index (κ2) is 11.9. The maximum absolute atomic E-state index is 11.9. The Balaban J connectivity index is 2.28. The van der Waals surface area contributed by atoms with Crippen molar-refractivity contribution in [2.24, 2.45) is 0 Å². The zero-order valence-electron chi connectivity index (χ0n) is 14.6. The normalized spacial score (nSPS) is 10.8. The number of hydrogen-bond donors (Lipinski definition) is 0. The molecule has 0 aliphatic heterocycles. The van der Waals surface area contributed by atoms with Crippen LogP contribution in [0.4, 0.5) is 0 Å². The predicted molar refractivity (Wildman–Crippen MR) is 91.0 cm³/mol. The molecule has 0 amide bonds. The molecule has 23 heavy (non-hydrogen) atoms.